The summed E-state index contributed by atoms with van der Waals surface area (Å²) < 4.78 is 6.13. The van der Waals surface area contributed by atoms with E-state index in [1.54, 1.807) is 0 Å². The Bertz CT molecular complexity index is 3190. The van der Waals surface area contributed by atoms with Crippen LogP contribution in [0.1, 0.15) is 0 Å². The minimum absolute atomic E-state index is 0.853. The van der Waals surface area contributed by atoms with Crippen molar-refractivity contribution in [2.24, 2.45) is 0 Å². The highest BCUT2D eigenvalue weighted by Gasteiger charge is 2.17. The molecule has 11 aromatic rings. The van der Waals surface area contributed by atoms with Gasteiger partial charge < -0.3 is 4.42 Å². The van der Waals surface area contributed by atoms with Gasteiger partial charge in [-0.25, -0.2) is 9.97 Å². The van der Waals surface area contributed by atoms with Crippen molar-refractivity contribution < 1.29 is 4.42 Å². The van der Waals surface area contributed by atoms with Gasteiger partial charge in [0.05, 0.1) is 22.4 Å². The Morgan fingerprint density at radius 1 is 0.314 bits per heavy atom. The van der Waals surface area contributed by atoms with E-state index in [1.807, 2.05) is 30.3 Å². The third-order valence-corrected chi connectivity index (χ3v) is 10.4. The number of furan rings is 1. The van der Waals surface area contributed by atoms with E-state index in [0.717, 1.165) is 66.6 Å². The summed E-state index contributed by atoms with van der Waals surface area (Å²) in [6.45, 7) is 0. The first-order chi connectivity index (χ1) is 25.2. The van der Waals surface area contributed by atoms with Gasteiger partial charge in [-0.1, -0.05) is 127 Å². The van der Waals surface area contributed by atoms with Crippen LogP contribution in [0.15, 0.2) is 174 Å². The number of aromatic nitrogens is 2. The average Bonchev–Trinajstić information content (AvgIpc) is 3.58. The third kappa shape index (κ3) is 4.38. The first-order valence-corrected chi connectivity index (χ1v) is 17.3. The Morgan fingerprint density at radius 3 is 1.90 bits per heavy atom. The number of fused-ring (bicyclic) bond motifs is 11. The summed E-state index contributed by atoms with van der Waals surface area (Å²) in [5.41, 5.74) is 9.48. The molecule has 0 aliphatic rings. The maximum atomic E-state index is 6.13. The van der Waals surface area contributed by atoms with Crippen molar-refractivity contribution in [2.45, 2.75) is 0 Å². The zero-order chi connectivity index (χ0) is 33.5. The maximum absolute atomic E-state index is 6.13. The van der Waals surface area contributed by atoms with Crippen molar-refractivity contribution in [1.82, 2.24) is 9.97 Å². The normalized spacial score (nSPS) is 11.9. The summed E-state index contributed by atoms with van der Waals surface area (Å²) in [7, 11) is 0. The molecular weight excluding hydrogens is 621 g/mol. The van der Waals surface area contributed by atoms with Gasteiger partial charge in [-0.3, -0.25) is 0 Å². The van der Waals surface area contributed by atoms with Gasteiger partial charge in [0.2, 0.25) is 0 Å². The largest absolute Gasteiger partial charge is 0.456 e. The van der Waals surface area contributed by atoms with E-state index >= 15 is 0 Å². The monoisotopic (exact) mass is 648 g/mol. The van der Waals surface area contributed by atoms with E-state index in [2.05, 4.69) is 140 Å². The van der Waals surface area contributed by atoms with Gasteiger partial charge in [0.15, 0.2) is 0 Å². The molecule has 0 bridgehead atoms. The van der Waals surface area contributed by atoms with Crippen LogP contribution >= 0.6 is 0 Å². The highest BCUT2D eigenvalue weighted by molar-refractivity contribution is 6.24. The molecule has 3 nitrogen and oxygen atoms in total. The van der Waals surface area contributed by atoms with E-state index in [-0.39, 0.29) is 0 Å². The van der Waals surface area contributed by atoms with Gasteiger partial charge in [0, 0.05) is 21.9 Å². The molecule has 0 aliphatic carbocycles. The Hall–Kier alpha value is -6.84. The fraction of sp³-hybridized carbons (Fsp3) is 0. The van der Waals surface area contributed by atoms with E-state index in [9.17, 15) is 0 Å². The lowest BCUT2D eigenvalue weighted by Crippen LogP contribution is -1.96. The summed E-state index contributed by atoms with van der Waals surface area (Å²) in [4.78, 5) is 10.6. The SMILES string of the molecule is c1ccc(-c2nc3cc(-c4ccc5c(ccc6c5ccc5ccc7ccccc7c56)c4)ccc3nc2-c2ccc3oc4ccccc4c3c2)cc1. The number of para-hydroxylation sites is 1. The van der Waals surface area contributed by atoms with Gasteiger partial charge in [-0.05, 0) is 96.7 Å². The van der Waals surface area contributed by atoms with Crippen LogP contribution in [0.3, 0.4) is 0 Å². The van der Waals surface area contributed by atoms with Gasteiger partial charge in [0.1, 0.15) is 11.2 Å². The molecule has 0 saturated heterocycles. The van der Waals surface area contributed by atoms with Crippen LogP contribution in [-0.4, -0.2) is 9.97 Å². The quantitative estimate of drug-likeness (QED) is 0.179. The van der Waals surface area contributed by atoms with Crippen LogP contribution in [0.2, 0.25) is 0 Å². The van der Waals surface area contributed by atoms with Crippen LogP contribution in [0.25, 0.3) is 110 Å². The summed E-state index contributed by atoms with van der Waals surface area (Å²) in [6.07, 6.45) is 0. The summed E-state index contributed by atoms with van der Waals surface area (Å²) in [6, 6.07) is 60.3. The summed E-state index contributed by atoms with van der Waals surface area (Å²) in [5.74, 6) is 0. The number of nitrogens with zero attached hydrogens (tertiary/aromatic N) is 2. The molecule has 0 N–H and O–H groups in total. The second kappa shape index (κ2) is 10.8. The van der Waals surface area contributed by atoms with Crippen molar-refractivity contribution in [3.63, 3.8) is 0 Å². The predicted octanol–water partition coefficient (Wildman–Crippen LogP) is 13.1. The first-order valence-electron chi connectivity index (χ1n) is 17.3. The van der Waals surface area contributed by atoms with Crippen molar-refractivity contribution in [2.75, 3.05) is 0 Å². The molecule has 51 heavy (non-hydrogen) atoms. The van der Waals surface area contributed by atoms with Gasteiger partial charge in [0.25, 0.3) is 0 Å². The van der Waals surface area contributed by atoms with Crippen LogP contribution < -0.4 is 0 Å². The maximum Gasteiger partial charge on any atom is 0.135 e. The first kappa shape index (κ1) is 28.0. The van der Waals surface area contributed by atoms with Crippen LogP contribution in [0.4, 0.5) is 0 Å². The van der Waals surface area contributed by atoms with Crippen LogP contribution in [0.5, 0.6) is 0 Å². The van der Waals surface area contributed by atoms with Crippen molar-refractivity contribution in [1.29, 1.82) is 0 Å². The average molecular weight is 649 g/mol. The van der Waals surface area contributed by atoms with Gasteiger partial charge in [-0.2, -0.15) is 0 Å². The summed E-state index contributed by atoms with van der Waals surface area (Å²) >= 11 is 0. The van der Waals surface area contributed by atoms with E-state index in [1.165, 1.54) is 43.1 Å². The summed E-state index contributed by atoms with van der Waals surface area (Å²) in [5, 5.41) is 12.3. The Kier molecular flexibility index (Phi) is 5.96. The molecular formula is C48H28N2O. The van der Waals surface area contributed by atoms with E-state index in [4.69, 9.17) is 14.4 Å². The predicted molar refractivity (Wildman–Crippen MR) is 213 cm³/mol. The Balaban J connectivity index is 1.05. The molecule has 3 heteroatoms. The third-order valence-electron chi connectivity index (χ3n) is 10.4. The molecule has 0 atom stereocenters. The lowest BCUT2D eigenvalue weighted by atomic mass is 9.92. The molecule has 236 valence electrons. The number of benzene rings is 9. The van der Waals surface area contributed by atoms with Crippen molar-refractivity contribution in [3.8, 4) is 33.6 Å². The lowest BCUT2D eigenvalue weighted by Gasteiger charge is -2.13. The molecule has 2 aromatic heterocycles. The molecule has 11 rings (SSSR count). The standard InChI is InChI=1S/C48H28N2O/c1-2-9-31(10-3-1)47-48(35-20-25-45-41(27-35)39-12-6-7-13-44(39)51-45)49-42-24-19-33(28-43(42)50-47)32-17-21-36-34(26-32)18-23-40-38(36)22-16-30-15-14-29-8-4-5-11-37(29)46(30)40/h1-28H. The topological polar surface area (TPSA) is 38.9 Å². The molecule has 0 amide bonds. The number of rotatable bonds is 3. The highest BCUT2D eigenvalue weighted by Crippen LogP contribution is 2.39. The zero-order valence-electron chi connectivity index (χ0n) is 27.5. The second-order valence-corrected chi connectivity index (χ2v) is 13.3. The minimum atomic E-state index is 0.853. The van der Waals surface area contributed by atoms with E-state index < -0.39 is 0 Å². The molecule has 2 heterocycles. The number of hydrogen-bond donors (Lipinski definition) is 0. The molecule has 0 aliphatic heterocycles. The second-order valence-electron chi connectivity index (χ2n) is 13.3. The van der Waals surface area contributed by atoms with Crippen molar-refractivity contribution >= 4 is 76.1 Å². The van der Waals surface area contributed by atoms with Gasteiger partial charge >= 0.3 is 0 Å². The molecule has 9 aromatic carbocycles. The Morgan fingerprint density at radius 2 is 0.961 bits per heavy atom. The highest BCUT2D eigenvalue weighted by atomic mass is 16.3. The number of hydrogen-bond acceptors (Lipinski definition) is 3. The minimum Gasteiger partial charge on any atom is -0.456 e. The molecule has 0 unspecified atom stereocenters. The molecule has 0 radical (unpaired) electrons. The fourth-order valence-corrected chi connectivity index (χ4v) is 7.94. The lowest BCUT2D eigenvalue weighted by molar-refractivity contribution is 0.669. The molecule has 0 fully saturated rings. The molecule has 0 saturated carbocycles. The smallest absolute Gasteiger partial charge is 0.135 e. The van der Waals surface area contributed by atoms with Crippen LogP contribution in [-0.2, 0) is 0 Å². The van der Waals surface area contributed by atoms with E-state index in [0.29, 0.717) is 0 Å². The van der Waals surface area contributed by atoms with Crippen LogP contribution in [0, 0.1) is 0 Å². The zero-order valence-corrected chi connectivity index (χ0v) is 27.5. The Labute approximate surface area is 293 Å². The fourth-order valence-electron chi connectivity index (χ4n) is 7.94. The van der Waals surface area contributed by atoms with Gasteiger partial charge in [-0.15, -0.1) is 0 Å². The molecule has 0 spiro atoms. The van der Waals surface area contributed by atoms with Crippen molar-refractivity contribution in [3.05, 3.63) is 170 Å².